The van der Waals surface area contributed by atoms with Gasteiger partial charge in [0.25, 0.3) is 0 Å². The topological polar surface area (TPSA) is 58.6 Å². The number of para-hydroxylation sites is 1. The lowest BCUT2D eigenvalue weighted by atomic mass is 9.91. The number of amides is 2. The summed E-state index contributed by atoms with van der Waals surface area (Å²) in [4.78, 5) is 26.8. The van der Waals surface area contributed by atoms with Gasteiger partial charge in [-0.1, -0.05) is 36.4 Å². The highest BCUT2D eigenvalue weighted by Gasteiger charge is 2.42. The number of carbonyl (C=O) groups is 2. The van der Waals surface area contributed by atoms with Crippen molar-refractivity contribution in [1.29, 1.82) is 0 Å². The minimum absolute atomic E-state index is 0.0442. The van der Waals surface area contributed by atoms with E-state index in [-0.39, 0.29) is 23.4 Å². The molecule has 2 aromatic carbocycles. The highest BCUT2D eigenvalue weighted by Crippen LogP contribution is 2.40. The Hall–Kier alpha value is -3.29. The van der Waals surface area contributed by atoms with Gasteiger partial charge in [0.2, 0.25) is 0 Å². The van der Waals surface area contributed by atoms with Crippen LogP contribution in [-0.2, 0) is 15.7 Å². The predicted octanol–water partition coefficient (Wildman–Crippen LogP) is 4.81. The molecule has 1 aliphatic heterocycles. The SMILES string of the molecule is CCOC(=O)C1=C(C)N(c2ccccc2)C(=O)N[C@H]1c1ccccc1C(F)(F)F. The smallest absolute Gasteiger partial charge is 0.416 e. The predicted molar refractivity (Wildman–Crippen MR) is 101 cm³/mol. The summed E-state index contributed by atoms with van der Waals surface area (Å²) in [7, 11) is 0. The van der Waals surface area contributed by atoms with E-state index in [1.165, 1.54) is 30.0 Å². The summed E-state index contributed by atoms with van der Waals surface area (Å²) in [5.74, 6) is -0.784. The fraction of sp³-hybridized carbons (Fsp3) is 0.238. The Bertz CT molecular complexity index is 955. The van der Waals surface area contributed by atoms with E-state index in [2.05, 4.69) is 5.32 Å². The molecule has 0 aliphatic carbocycles. The third-order valence-corrected chi connectivity index (χ3v) is 4.57. The molecule has 1 heterocycles. The molecule has 0 spiro atoms. The van der Waals surface area contributed by atoms with Crippen LogP contribution >= 0.6 is 0 Å². The minimum Gasteiger partial charge on any atom is -0.463 e. The maximum absolute atomic E-state index is 13.6. The summed E-state index contributed by atoms with van der Waals surface area (Å²) >= 11 is 0. The number of hydrogen-bond acceptors (Lipinski definition) is 3. The van der Waals surface area contributed by atoms with E-state index >= 15 is 0 Å². The Morgan fingerprint density at radius 1 is 1.10 bits per heavy atom. The van der Waals surface area contributed by atoms with Crippen LogP contribution < -0.4 is 10.2 Å². The van der Waals surface area contributed by atoms with Crippen molar-refractivity contribution in [3.63, 3.8) is 0 Å². The zero-order chi connectivity index (χ0) is 21.2. The first-order chi connectivity index (χ1) is 13.8. The van der Waals surface area contributed by atoms with Crippen LogP contribution in [0.5, 0.6) is 0 Å². The number of hydrogen-bond donors (Lipinski definition) is 1. The highest BCUT2D eigenvalue weighted by molar-refractivity contribution is 6.03. The normalized spacial score (nSPS) is 17.2. The molecular formula is C21H19F3N2O3. The van der Waals surface area contributed by atoms with Gasteiger partial charge >= 0.3 is 18.2 Å². The fourth-order valence-corrected chi connectivity index (χ4v) is 3.34. The number of carbonyl (C=O) groups excluding carboxylic acids is 2. The second kappa shape index (κ2) is 7.98. The number of rotatable bonds is 4. The number of benzene rings is 2. The zero-order valence-electron chi connectivity index (χ0n) is 15.8. The Morgan fingerprint density at radius 2 is 1.72 bits per heavy atom. The largest absolute Gasteiger partial charge is 0.463 e. The van der Waals surface area contributed by atoms with Crippen LogP contribution in [0.2, 0.25) is 0 Å². The maximum Gasteiger partial charge on any atom is 0.416 e. The number of ether oxygens (including phenoxy) is 1. The van der Waals surface area contributed by atoms with Crippen LogP contribution in [-0.4, -0.2) is 18.6 Å². The Kier molecular flexibility index (Phi) is 5.63. The van der Waals surface area contributed by atoms with E-state index in [9.17, 15) is 22.8 Å². The van der Waals surface area contributed by atoms with E-state index in [0.29, 0.717) is 5.69 Å². The van der Waals surface area contributed by atoms with E-state index in [1.807, 2.05) is 0 Å². The number of nitrogens with zero attached hydrogens (tertiary/aromatic N) is 1. The van der Waals surface area contributed by atoms with Crippen molar-refractivity contribution < 1.29 is 27.5 Å². The van der Waals surface area contributed by atoms with Gasteiger partial charge in [0, 0.05) is 5.70 Å². The molecule has 8 heteroatoms. The van der Waals surface area contributed by atoms with Crippen LogP contribution in [0.1, 0.15) is 31.0 Å². The summed E-state index contributed by atoms with van der Waals surface area (Å²) < 4.78 is 45.8. The number of nitrogens with one attached hydrogen (secondary N) is 1. The number of esters is 1. The molecule has 29 heavy (non-hydrogen) atoms. The fourth-order valence-electron chi connectivity index (χ4n) is 3.34. The van der Waals surface area contributed by atoms with Crippen LogP contribution in [0.4, 0.5) is 23.7 Å². The second-order valence-electron chi connectivity index (χ2n) is 6.36. The van der Waals surface area contributed by atoms with Crippen molar-refractivity contribution in [3.05, 3.63) is 77.0 Å². The average Bonchev–Trinajstić information content (AvgIpc) is 2.68. The molecule has 2 aromatic rings. The molecule has 0 aromatic heterocycles. The van der Waals surface area contributed by atoms with Crippen molar-refractivity contribution in [2.45, 2.75) is 26.1 Å². The Morgan fingerprint density at radius 3 is 2.34 bits per heavy atom. The number of urea groups is 1. The van der Waals surface area contributed by atoms with Gasteiger partial charge < -0.3 is 10.1 Å². The van der Waals surface area contributed by atoms with Crippen molar-refractivity contribution >= 4 is 17.7 Å². The van der Waals surface area contributed by atoms with Gasteiger partial charge in [0.05, 0.1) is 29.5 Å². The van der Waals surface area contributed by atoms with Crippen molar-refractivity contribution in [2.24, 2.45) is 0 Å². The van der Waals surface area contributed by atoms with Gasteiger partial charge in [-0.3, -0.25) is 4.90 Å². The van der Waals surface area contributed by atoms with Crippen molar-refractivity contribution in [3.8, 4) is 0 Å². The molecular weight excluding hydrogens is 385 g/mol. The van der Waals surface area contributed by atoms with E-state index in [4.69, 9.17) is 4.74 Å². The molecule has 0 saturated heterocycles. The minimum atomic E-state index is -4.65. The Balaban J connectivity index is 2.20. The van der Waals surface area contributed by atoms with E-state index < -0.39 is 29.8 Å². The molecule has 152 valence electrons. The van der Waals surface area contributed by atoms with Gasteiger partial charge in [0.1, 0.15) is 0 Å². The third kappa shape index (κ3) is 3.96. The highest BCUT2D eigenvalue weighted by atomic mass is 19.4. The molecule has 3 rings (SSSR count). The van der Waals surface area contributed by atoms with Crippen LogP contribution in [0.15, 0.2) is 65.9 Å². The third-order valence-electron chi connectivity index (χ3n) is 4.57. The quantitative estimate of drug-likeness (QED) is 0.744. The maximum atomic E-state index is 13.6. The molecule has 2 amide bonds. The summed E-state index contributed by atoms with van der Waals surface area (Å²) in [5.41, 5.74) is -0.504. The van der Waals surface area contributed by atoms with Gasteiger partial charge in [-0.2, -0.15) is 13.2 Å². The average molecular weight is 404 g/mol. The number of anilines is 1. The molecule has 0 saturated carbocycles. The van der Waals surface area contributed by atoms with E-state index in [0.717, 1.165) is 6.07 Å². The summed E-state index contributed by atoms with van der Waals surface area (Å²) in [5, 5.41) is 2.54. The molecule has 0 fully saturated rings. The van der Waals surface area contributed by atoms with Crippen molar-refractivity contribution in [1.82, 2.24) is 5.32 Å². The first-order valence-electron chi connectivity index (χ1n) is 8.95. The summed E-state index contributed by atoms with van der Waals surface area (Å²) in [6.45, 7) is 3.16. The number of alkyl halides is 3. The van der Waals surface area contributed by atoms with Crippen LogP contribution in [0.3, 0.4) is 0 Å². The summed E-state index contributed by atoms with van der Waals surface area (Å²) in [6, 6.07) is 11.4. The van der Waals surface area contributed by atoms with Gasteiger partial charge in [-0.25, -0.2) is 9.59 Å². The molecule has 1 aliphatic rings. The molecule has 0 radical (unpaired) electrons. The number of allylic oxidation sites excluding steroid dienone is 1. The van der Waals surface area contributed by atoms with Gasteiger partial charge in [0.15, 0.2) is 0 Å². The lowest BCUT2D eigenvalue weighted by Gasteiger charge is -2.36. The molecule has 0 bridgehead atoms. The zero-order valence-corrected chi connectivity index (χ0v) is 15.8. The van der Waals surface area contributed by atoms with Gasteiger partial charge in [-0.05, 0) is 37.6 Å². The van der Waals surface area contributed by atoms with Crippen molar-refractivity contribution in [2.75, 3.05) is 11.5 Å². The molecule has 1 N–H and O–H groups in total. The monoisotopic (exact) mass is 404 g/mol. The summed E-state index contributed by atoms with van der Waals surface area (Å²) in [6.07, 6.45) is -4.65. The number of halogens is 3. The van der Waals surface area contributed by atoms with E-state index in [1.54, 1.807) is 37.3 Å². The molecule has 5 nitrogen and oxygen atoms in total. The Labute approximate surface area is 165 Å². The first-order valence-corrected chi connectivity index (χ1v) is 8.95. The van der Waals surface area contributed by atoms with Crippen LogP contribution in [0.25, 0.3) is 0 Å². The molecule has 0 unspecified atom stereocenters. The standard InChI is InChI=1S/C21H19F3N2O3/c1-3-29-19(27)17-13(2)26(14-9-5-4-6-10-14)20(28)25-18(17)15-11-7-8-12-16(15)21(22,23)24/h4-12,18H,3H2,1-2H3,(H,25,28)/t18-/m0/s1. The first kappa shape index (κ1) is 20.4. The lowest BCUT2D eigenvalue weighted by molar-refractivity contribution is -0.141. The molecule has 1 atom stereocenters. The van der Waals surface area contributed by atoms with Gasteiger partial charge in [-0.15, -0.1) is 0 Å². The lowest BCUT2D eigenvalue weighted by Crippen LogP contribution is -2.48. The second-order valence-corrected chi connectivity index (χ2v) is 6.36. The van der Waals surface area contributed by atoms with Crippen LogP contribution in [0, 0.1) is 0 Å².